The zero-order valence-corrected chi connectivity index (χ0v) is 10.6. The van der Waals surface area contributed by atoms with Gasteiger partial charge in [0.1, 0.15) is 12.2 Å². The van der Waals surface area contributed by atoms with Crippen LogP contribution in [0.25, 0.3) is 0 Å². The van der Waals surface area contributed by atoms with E-state index < -0.39 is 46.2 Å². The van der Waals surface area contributed by atoms with Crippen LogP contribution in [0.1, 0.15) is 12.5 Å². The number of anilines is 1. The van der Waals surface area contributed by atoms with Crippen molar-refractivity contribution in [1.29, 1.82) is 0 Å². The fourth-order valence-corrected chi connectivity index (χ4v) is 1.33. The van der Waals surface area contributed by atoms with Gasteiger partial charge in [-0.25, -0.2) is 4.39 Å². The first-order chi connectivity index (χ1) is 9.49. The summed E-state index contributed by atoms with van der Waals surface area (Å²) in [5, 5.41) is 21.7. The summed E-state index contributed by atoms with van der Waals surface area (Å²) in [6.07, 6.45) is -5.01. The second-order valence-electron chi connectivity index (χ2n) is 4.35. The van der Waals surface area contributed by atoms with Gasteiger partial charge in [-0.1, -0.05) is 0 Å². The normalized spacial score (nSPS) is 14.4. The van der Waals surface area contributed by atoms with E-state index in [0.717, 1.165) is 13.0 Å². The highest BCUT2D eigenvalue weighted by Crippen LogP contribution is 2.37. The van der Waals surface area contributed by atoms with Crippen molar-refractivity contribution in [2.75, 3.05) is 12.0 Å². The first-order valence-corrected chi connectivity index (χ1v) is 5.44. The number of hydrogen-bond donors (Lipinski definition) is 2. The molecule has 1 aromatic carbocycles. The first kappa shape index (κ1) is 16.8. The Morgan fingerprint density at radius 2 is 2.00 bits per heavy atom. The van der Waals surface area contributed by atoms with Crippen LogP contribution in [0.5, 0.6) is 0 Å². The Labute approximate surface area is 115 Å². The zero-order valence-electron chi connectivity index (χ0n) is 10.6. The number of carbonyl (C=O) groups excluding carboxylic acids is 1. The topological polar surface area (TPSA) is 92.5 Å². The van der Waals surface area contributed by atoms with Crippen molar-refractivity contribution < 1.29 is 32.4 Å². The predicted octanol–water partition coefficient (Wildman–Crippen LogP) is 2.27. The predicted molar refractivity (Wildman–Crippen MR) is 63.3 cm³/mol. The van der Waals surface area contributed by atoms with E-state index in [9.17, 15) is 37.6 Å². The summed E-state index contributed by atoms with van der Waals surface area (Å²) in [6.45, 7) is -0.615. The molecule has 0 aromatic heterocycles. The number of aliphatic hydroxyl groups is 1. The van der Waals surface area contributed by atoms with Crippen LogP contribution in [0.3, 0.4) is 0 Å². The number of halogens is 4. The van der Waals surface area contributed by atoms with Crippen molar-refractivity contribution in [3.05, 3.63) is 33.9 Å². The van der Waals surface area contributed by atoms with Crippen LogP contribution >= 0.6 is 0 Å². The molecule has 0 heterocycles. The molecule has 10 heteroatoms. The number of rotatable bonds is 4. The lowest BCUT2D eigenvalue weighted by atomic mass is 10.1. The molecule has 1 amide bonds. The van der Waals surface area contributed by atoms with Gasteiger partial charge in [0.15, 0.2) is 5.60 Å². The van der Waals surface area contributed by atoms with Gasteiger partial charge in [0.05, 0.1) is 4.92 Å². The van der Waals surface area contributed by atoms with Crippen molar-refractivity contribution in [3.8, 4) is 0 Å². The number of alkyl halides is 4. The Hall–Kier alpha value is -2.23. The lowest BCUT2D eigenvalue weighted by molar-refractivity contribution is -0.388. The second-order valence-corrected chi connectivity index (χ2v) is 4.35. The summed E-state index contributed by atoms with van der Waals surface area (Å²) in [5.41, 5.74) is -5.62. The maximum atomic E-state index is 12.7. The molecule has 0 aliphatic rings. The molecule has 1 atom stereocenters. The SMILES string of the molecule is CC(O)(CF)C(=O)Nc1ccc([N+](=O)[O-])c(C(F)(F)F)c1. The van der Waals surface area contributed by atoms with Gasteiger partial charge >= 0.3 is 6.18 Å². The number of nitrogens with zero attached hydrogens (tertiary/aromatic N) is 1. The highest BCUT2D eigenvalue weighted by atomic mass is 19.4. The van der Waals surface area contributed by atoms with Crippen LogP contribution < -0.4 is 5.32 Å². The Balaban J connectivity index is 3.18. The molecule has 1 aromatic rings. The number of nitrogens with one attached hydrogen (secondary N) is 1. The van der Waals surface area contributed by atoms with Gasteiger partial charge in [0.25, 0.3) is 11.6 Å². The van der Waals surface area contributed by atoms with E-state index in [0.29, 0.717) is 12.1 Å². The molecule has 21 heavy (non-hydrogen) atoms. The average molecular weight is 310 g/mol. The molecular weight excluding hydrogens is 300 g/mol. The average Bonchev–Trinajstić information content (AvgIpc) is 2.37. The fourth-order valence-electron chi connectivity index (χ4n) is 1.33. The molecule has 2 N–H and O–H groups in total. The standard InChI is InChI=1S/C11H10F4N2O4/c1-10(19,5-12)9(18)16-6-2-3-8(17(20)21)7(4-6)11(13,14)15/h2-4,19H,5H2,1H3,(H,16,18). The molecule has 0 aliphatic carbocycles. The molecule has 0 radical (unpaired) electrons. The zero-order chi connectivity index (χ0) is 16.4. The third-order valence-corrected chi connectivity index (χ3v) is 2.51. The molecule has 1 rings (SSSR count). The Kier molecular flexibility index (Phi) is 4.52. The van der Waals surface area contributed by atoms with E-state index in [1.54, 1.807) is 0 Å². The number of nitro benzene ring substituents is 1. The van der Waals surface area contributed by atoms with Crippen molar-refractivity contribution in [1.82, 2.24) is 0 Å². The Morgan fingerprint density at radius 1 is 1.43 bits per heavy atom. The van der Waals surface area contributed by atoms with Crippen LogP contribution in [-0.2, 0) is 11.0 Å². The molecule has 0 spiro atoms. The molecular formula is C11H10F4N2O4. The van der Waals surface area contributed by atoms with Crippen molar-refractivity contribution >= 4 is 17.3 Å². The number of benzene rings is 1. The van der Waals surface area contributed by atoms with Gasteiger partial charge in [-0.05, 0) is 19.1 Å². The van der Waals surface area contributed by atoms with E-state index in [4.69, 9.17) is 0 Å². The van der Waals surface area contributed by atoms with Gasteiger partial charge in [-0.2, -0.15) is 13.2 Å². The van der Waals surface area contributed by atoms with Gasteiger partial charge in [0.2, 0.25) is 0 Å². The minimum Gasteiger partial charge on any atom is -0.378 e. The second kappa shape index (κ2) is 5.64. The number of carbonyl (C=O) groups is 1. The van der Waals surface area contributed by atoms with Crippen LogP contribution in [0.15, 0.2) is 18.2 Å². The summed E-state index contributed by atoms with van der Waals surface area (Å²) < 4.78 is 50.5. The minimum absolute atomic E-state index is 0.338. The summed E-state index contributed by atoms with van der Waals surface area (Å²) in [7, 11) is 0. The van der Waals surface area contributed by atoms with Crippen molar-refractivity contribution in [3.63, 3.8) is 0 Å². The van der Waals surface area contributed by atoms with Gasteiger partial charge in [-0.3, -0.25) is 14.9 Å². The minimum atomic E-state index is -5.01. The highest BCUT2D eigenvalue weighted by Gasteiger charge is 2.39. The van der Waals surface area contributed by atoms with Crippen LogP contribution in [0.4, 0.5) is 28.9 Å². The van der Waals surface area contributed by atoms with Gasteiger partial charge in [0, 0.05) is 11.8 Å². The lowest BCUT2D eigenvalue weighted by Gasteiger charge is -2.18. The van der Waals surface area contributed by atoms with E-state index in [1.165, 1.54) is 0 Å². The largest absolute Gasteiger partial charge is 0.423 e. The van der Waals surface area contributed by atoms with E-state index in [-0.39, 0.29) is 0 Å². The molecule has 0 aliphatic heterocycles. The van der Waals surface area contributed by atoms with E-state index >= 15 is 0 Å². The number of nitro groups is 1. The van der Waals surface area contributed by atoms with E-state index in [2.05, 4.69) is 0 Å². The third kappa shape index (κ3) is 3.88. The maximum absolute atomic E-state index is 12.7. The number of hydrogen-bond acceptors (Lipinski definition) is 4. The molecule has 1 unspecified atom stereocenters. The van der Waals surface area contributed by atoms with Crippen LogP contribution in [0.2, 0.25) is 0 Å². The summed E-state index contributed by atoms with van der Waals surface area (Å²) >= 11 is 0. The first-order valence-electron chi connectivity index (χ1n) is 5.44. The van der Waals surface area contributed by atoms with E-state index in [1.807, 2.05) is 5.32 Å². The van der Waals surface area contributed by atoms with Crippen LogP contribution in [-0.4, -0.2) is 28.2 Å². The summed E-state index contributed by atoms with van der Waals surface area (Å²) in [5.74, 6) is -1.27. The molecule has 6 nitrogen and oxygen atoms in total. The van der Waals surface area contributed by atoms with Crippen LogP contribution in [0, 0.1) is 10.1 Å². The summed E-state index contributed by atoms with van der Waals surface area (Å²) in [4.78, 5) is 20.7. The smallest absolute Gasteiger partial charge is 0.378 e. The number of amides is 1. The molecule has 116 valence electrons. The van der Waals surface area contributed by atoms with Gasteiger partial charge in [-0.15, -0.1) is 0 Å². The maximum Gasteiger partial charge on any atom is 0.423 e. The highest BCUT2D eigenvalue weighted by molar-refractivity contribution is 5.97. The molecule has 0 saturated carbocycles. The van der Waals surface area contributed by atoms with Crippen molar-refractivity contribution in [2.24, 2.45) is 0 Å². The van der Waals surface area contributed by atoms with Gasteiger partial charge < -0.3 is 10.4 Å². The monoisotopic (exact) mass is 310 g/mol. The quantitative estimate of drug-likeness (QED) is 0.507. The fraction of sp³-hybridized carbons (Fsp3) is 0.364. The Bertz CT molecular complexity index is 572. The Morgan fingerprint density at radius 3 is 2.43 bits per heavy atom. The lowest BCUT2D eigenvalue weighted by Crippen LogP contribution is -2.42. The summed E-state index contributed by atoms with van der Waals surface area (Å²) in [6, 6.07) is 1.74. The van der Waals surface area contributed by atoms with Crippen molar-refractivity contribution in [2.45, 2.75) is 18.7 Å². The molecule has 0 fully saturated rings. The molecule has 0 saturated heterocycles. The third-order valence-electron chi connectivity index (χ3n) is 2.51. The molecule has 0 bridgehead atoms.